The Bertz CT molecular complexity index is 519. The number of nitrogens with one attached hydrogen (secondary N) is 1. The van der Waals surface area contributed by atoms with Crippen LogP contribution in [0.3, 0.4) is 0 Å². The van der Waals surface area contributed by atoms with Crippen molar-refractivity contribution in [1.29, 1.82) is 0 Å². The number of carbonyl (C=O) groups is 2. The number of para-hydroxylation sites is 1. The topological polar surface area (TPSA) is 49.4 Å². The highest BCUT2D eigenvalue weighted by Crippen LogP contribution is 2.34. The number of hydrogen-bond acceptors (Lipinski definition) is 3. The van der Waals surface area contributed by atoms with Crippen molar-refractivity contribution < 1.29 is 9.59 Å². The van der Waals surface area contributed by atoms with Crippen LogP contribution in [0.25, 0.3) is 0 Å². The average molecular weight is 320 g/mol. The Morgan fingerprint density at radius 2 is 2.09 bits per heavy atom. The number of thioether (sulfide) groups is 1. The molecule has 1 aromatic rings. The number of rotatable bonds is 8. The zero-order valence-corrected chi connectivity index (χ0v) is 14.0. The van der Waals surface area contributed by atoms with E-state index >= 15 is 0 Å². The lowest BCUT2D eigenvalue weighted by atomic mass is 10.2. The van der Waals surface area contributed by atoms with E-state index in [1.54, 1.807) is 16.7 Å². The summed E-state index contributed by atoms with van der Waals surface area (Å²) in [5, 5.41) is 2.94. The van der Waals surface area contributed by atoms with E-state index in [0.717, 1.165) is 30.0 Å². The maximum Gasteiger partial charge on any atom is 0.237 e. The predicted molar refractivity (Wildman–Crippen MR) is 91.3 cm³/mol. The van der Waals surface area contributed by atoms with Gasteiger partial charge in [0.05, 0.1) is 11.4 Å². The van der Waals surface area contributed by atoms with E-state index in [2.05, 4.69) is 12.2 Å². The molecular weight excluding hydrogens is 296 g/mol. The van der Waals surface area contributed by atoms with Gasteiger partial charge in [-0.2, -0.15) is 0 Å². The summed E-state index contributed by atoms with van der Waals surface area (Å²) in [6.07, 6.45) is 4.96. The summed E-state index contributed by atoms with van der Waals surface area (Å²) in [6.45, 7) is 3.36. The zero-order valence-electron chi connectivity index (χ0n) is 13.1. The molecule has 1 aliphatic rings. The Hall–Kier alpha value is -1.49. The molecule has 120 valence electrons. The maximum absolute atomic E-state index is 12.1. The van der Waals surface area contributed by atoms with Crippen LogP contribution in [-0.4, -0.2) is 30.7 Å². The van der Waals surface area contributed by atoms with Crippen molar-refractivity contribution in [3.63, 3.8) is 0 Å². The van der Waals surface area contributed by atoms with Gasteiger partial charge in [0.15, 0.2) is 0 Å². The molecule has 1 aromatic carbocycles. The number of amides is 2. The van der Waals surface area contributed by atoms with Gasteiger partial charge in [-0.3, -0.25) is 9.59 Å². The van der Waals surface area contributed by atoms with Gasteiger partial charge < -0.3 is 10.2 Å². The van der Waals surface area contributed by atoms with Crippen LogP contribution in [0.5, 0.6) is 0 Å². The molecule has 0 spiro atoms. The minimum absolute atomic E-state index is 0.0278. The second kappa shape index (κ2) is 8.83. The van der Waals surface area contributed by atoms with E-state index < -0.39 is 0 Å². The average Bonchev–Trinajstić information content (AvgIpc) is 2.53. The third-order valence-corrected chi connectivity index (χ3v) is 4.77. The number of nitrogens with zero attached hydrogens (tertiary/aromatic N) is 1. The van der Waals surface area contributed by atoms with Crippen molar-refractivity contribution >= 4 is 29.3 Å². The fraction of sp³-hybridized carbons (Fsp3) is 0.529. The first-order chi connectivity index (χ1) is 10.7. The van der Waals surface area contributed by atoms with Crippen molar-refractivity contribution in [3.8, 4) is 0 Å². The molecular formula is C17H24N2O2S. The quantitative estimate of drug-likeness (QED) is 0.748. The standard InChI is InChI=1S/C17H24N2O2S/c1-2-3-4-7-11-18-16(20)10-12-19-14-8-5-6-9-15(14)22-13-17(19)21/h5-6,8-9H,2-4,7,10-13H2,1H3,(H,18,20). The Morgan fingerprint density at radius 1 is 1.27 bits per heavy atom. The molecule has 0 fully saturated rings. The van der Waals surface area contributed by atoms with Crippen LogP contribution in [0.2, 0.25) is 0 Å². The largest absolute Gasteiger partial charge is 0.356 e. The monoisotopic (exact) mass is 320 g/mol. The van der Waals surface area contributed by atoms with Gasteiger partial charge >= 0.3 is 0 Å². The van der Waals surface area contributed by atoms with Gasteiger partial charge in [0, 0.05) is 24.4 Å². The lowest BCUT2D eigenvalue weighted by Crippen LogP contribution is -2.38. The maximum atomic E-state index is 12.1. The van der Waals surface area contributed by atoms with Crippen LogP contribution >= 0.6 is 11.8 Å². The van der Waals surface area contributed by atoms with E-state index in [1.165, 1.54) is 12.8 Å². The second-order valence-corrected chi connectivity index (χ2v) is 6.48. The number of benzene rings is 1. The molecule has 0 saturated heterocycles. The third-order valence-electron chi connectivity index (χ3n) is 3.72. The van der Waals surface area contributed by atoms with E-state index in [0.29, 0.717) is 18.7 Å². The Kier molecular flexibility index (Phi) is 6.77. The first kappa shape index (κ1) is 16.9. The van der Waals surface area contributed by atoms with Gasteiger partial charge in [-0.15, -0.1) is 11.8 Å². The second-order valence-electron chi connectivity index (χ2n) is 5.46. The Balaban J connectivity index is 1.79. The predicted octanol–water partition coefficient (Wildman–Crippen LogP) is 3.21. The van der Waals surface area contributed by atoms with Gasteiger partial charge in [0.2, 0.25) is 11.8 Å². The van der Waals surface area contributed by atoms with Crippen LogP contribution in [0.1, 0.15) is 39.0 Å². The molecule has 0 radical (unpaired) electrons. The molecule has 4 nitrogen and oxygen atoms in total. The van der Waals surface area contributed by atoms with Crippen LogP contribution in [0.15, 0.2) is 29.2 Å². The van der Waals surface area contributed by atoms with Crippen molar-refractivity contribution in [3.05, 3.63) is 24.3 Å². The molecule has 2 rings (SSSR count). The number of hydrogen-bond donors (Lipinski definition) is 1. The first-order valence-electron chi connectivity index (χ1n) is 8.01. The number of anilines is 1. The minimum Gasteiger partial charge on any atom is -0.356 e. The number of unbranched alkanes of at least 4 members (excludes halogenated alkanes) is 3. The van der Waals surface area contributed by atoms with E-state index in [9.17, 15) is 9.59 Å². The van der Waals surface area contributed by atoms with E-state index in [4.69, 9.17) is 0 Å². The summed E-state index contributed by atoms with van der Waals surface area (Å²) in [5.41, 5.74) is 0.930. The summed E-state index contributed by atoms with van der Waals surface area (Å²) in [5.74, 6) is 0.565. The van der Waals surface area contributed by atoms with Crippen molar-refractivity contribution in [2.75, 3.05) is 23.7 Å². The lowest BCUT2D eigenvalue weighted by Gasteiger charge is -2.28. The Labute approximate surface area is 136 Å². The first-order valence-corrected chi connectivity index (χ1v) is 9.00. The van der Waals surface area contributed by atoms with Crippen LogP contribution in [0.4, 0.5) is 5.69 Å². The fourth-order valence-electron chi connectivity index (χ4n) is 2.48. The van der Waals surface area contributed by atoms with Gasteiger partial charge in [-0.25, -0.2) is 0 Å². The molecule has 0 aliphatic carbocycles. The molecule has 0 atom stereocenters. The Morgan fingerprint density at radius 3 is 2.91 bits per heavy atom. The number of fused-ring (bicyclic) bond motifs is 1. The smallest absolute Gasteiger partial charge is 0.237 e. The molecule has 1 heterocycles. The van der Waals surface area contributed by atoms with E-state index in [1.807, 2.05) is 24.3 Å². The third kappa shape index (κ3) is 4.77. The van der Waals surface area contributed by atoms with Gasteiger partial charge in [-0.05, 0) is 18.6 Å². The fourth-order valence-corrected chi connectivity index (χ4v) is 3.42. The molecule has 0 aromatic heterocycles. The lowest BCUT2D eigenvalue weighted by molar-refractivity contribution is -0.121. The highest BCUT2D eigenvalue weighted by atomic mass is 32.2. The highest BCUT2D eigenvalue weighted by Gasteiger charge is 2.24. The molecule has 2 amide bonds. The summed E-state index contributed by atoms with van der Waals surface area (Å²) in [7, 11) is 0. The SMILES string of the molecule is CCCCCCNC(=O)CCN1C(=O)CSc2ccccc21. The molecule has 1 aliphatic heterocycles. The molecule has 5 heteroatoms. The molecule has 0 unspecified atom stereocenters. The van der Waals surface area contributed by atoms with Crippen LogP contribution < -0.4 is 10.2 Å². The minimum atomic E-state index is 0.0278. The van der Waals surface area contributed by atoms with Gasteiger partial charge in [0.25, 0.3) is 0 Å². The number of carbonyl (C=O) groups excluding carboxylic acids is 2. The zero-order chi connectivity index (χ0) is 15.8. The summed E-state index contributed by atoms with van der Waals surface area (Å²) >= 11 is 1.56. The summed E-state index contributed by atoms with van der Waals surface area (Å²) < 4.78 is 0. The molecule has 1 N–H and O–H groups in total. The van der Waals surface area contributed by atoms with Crippen molar-refractivity contribution in [2.45, 2.75) is 43.9 Å². The molecule has 0 saturated carbocycles. The van der Waals surface area contributed by atoms with Crippen LogP contribution in [-0.2, 0) is 9.59 Å². The molecule has 0 bridgehead atoms. The highest BCUT2D eigenvalue weighted by molar-refractivity contribution is 8.00. The van der Waals surface area contributed by atoms with Crippen LogP contribution in [0, 0.1) is 0 Å². The summed E-state index contributed by atoms with van der Waals surface area (Å²) in [6, 6.07) is 7.87. The van der Waals surface area contributed by atoms with E-state index in [-0.39, 0.29) is 11.8 Å². The van der Waals surface area contributed by atoms with Gasteiger partial charge in [-0.1, -0.05) is 38.3 Å². The van der Waals surface area contributed by atoms with Crippen molar-refractivity contribution in [2.24, 2.45) is 0 Å². The van der Waals surface area contributed by atoms with Gasteiger partial charge in [0.1, 0.15) is 0 Å². The van der Waals surface area contributed by atoms with Crippen molar-refractivity contribution in [1.82, 2.24) is 5.32 Å². The normalized spacial score (nSPS) is 13.9. The summed E-state index contributed by atoms with van der Waals surface area (Å²) in [4.78, 5) is 26.8. The molecule has 22 heavy (non-hydrogen) atoms.